The molecule has 102 valence electrons. The molecule has 0 fully saturated rings. The molecule has 0 spiro atoms. The monoisotopic (exact) mass is 341 g/mol. The number of anilines is 1. The van der Waals surface area contributed by atoms with Crippen molar-refractivity contribution in [1.82, 2.24) is 9.78 Å². The van der Waals surface area contributed by atoms with Crippen LogP contribution < -0.4 is 10.9 Å². The normalized spacial score (nSPS) is 10.7. The van der Waals surface area contributed by atoms with Gasteiger partial charge in [-0.15, -0.1) is 11.3 Å². The van der Waals surface area contributed by atoms with Crippen LogP contribution in [0.4, 0.5) is 5.69 Å². The van der Waals surface area contributed by atoms with E-state index in [0.29, 0.717) is 17.6 Å². The Kier molecular flexibility index (Phi) is 4.76. The number of hydrogen-bond donors (Lipinski definition) is 1. The minimum Gasteiger partial charge on any atom is -0.378 e. The molecule has 0 aliphatic carbocycles. The van der Waals surface area contributed by atoms with E-state index in [-0.39, 0.29) is 5.56 Å². The Morgan fingerprint density at radius 2 is 2.11 bits per heavy atom. The van der Waals surface area contributed by atoms with Gasteiger partial charge in [-0.1, -0.05) is 6.92 Å². The van der Waals surface area contributed by atoms with Crippen LogP contribution in [0.2, 0.25) is 0 Å². The quantitative estimate of drug-likeness (QED) is 0.907. The van der Waals surface area contributed by atoms with Crippen molar-refractivity contribution in [1.29, 1.82) is 0 Å². The van der Waals surface area contributed by atoms with Gasteiger partial charge in [0, 0.05) is 22.8 Å². The van der Waals surface area contributed by atoms with Gasteiger partial charge in [-0.2, -0.15) is 5.10 Å². The van der Waals surface area contributed by atoms with Gasteiger partial charge in [-0.05, 0) is 41.4 Å². The smallest absolute Gasteiger partial charge is 0.283 e. The minimum absolute atomic E-state index is 0.104. The SMILES string of the molecule is CCc1ccc(CNc2cnn(CC)c(=O)c2Br)s1. The Morgan fingerprint density at radius 1 is 1.37 bits per heavy atom. The number of nitrogens with one attached hydrogen (secondary N) is 1. The number of aromatic nitrogens is 2. The first-order valence-electron chi connectivity index (χ1n) is 6.22. The van der Waals surface area contributed by atoms with Gasteiger partial charge in [-0.25, -0.2) is 4.68 Å². The second-order valence-corrected chi connectivity index (χ2v) is 6.11. The predicted octanol–water partition coefficient (Wildman–Crippen LogP) is 3.26. The standard InChI is InChI=1S/C13H16BrN3OS/c1-3-9-5-6-10(19-9)7-15-11-8-16-17(4-2)13(18)12(11)14/h5-6,8,15H,3-4,7H2,1-2H3. The molecule has 0 bridgehead atoms. The Morgan fingerprint density at radius 3 is 2.74 bits per heavy atom. The summed E-state index contributed by atoms with van der Waals surface area (Å²) >= 11 is 5.12. The fourth-order valence-electron chi connectivity index (χ4n) is 1.70. The summed E-state index contributed by atoms with van der Waals surface area (Å²) in [5, 5.41) is 7.35. The van der Waals surface area contributed by atoms with Crippen LogP contribution in [0, 0.1) is 0 Å². The molecule has 0 saturated carbocycles. The van der Waals surface area contributed by atoms with Crippen molar-refractivity contribution < 1.29 is 0 Å². The van der Waals surface area contributed by atoms with Gasteiger partial charge < -0.3 is 5.32 Å². The van der Waals surface area contributed by atoms with Gasteiger partial charge in [0.15, 0.2) is 0 Å². The zero-order valence-corrected chi connectivity index (χ0v) is 13.3. The van der Waals surface area contributed by atoms with Crippen molar-refractivity contribution in [3.63, 3.8) is 0 Å². The Labute approximate surface area is 124 Å². The summed E-state index contributed by atoms with van der Waals surface area (Å²) in [6, 6.07) is 4.26. The molecule has 2 aromatic rings. The summed E-state index contributed by atoms with van der Waals surface area (Å²) in [6.07, 6.45) is 2.74. The molecular weight excluding hydrogens is 326 g/mol. The van der Waals surface area contributed by atoms with Gasteiger partial charge in [0.2, 0.25) is 0 Å². The first-order chi connectivity index (χ1) is 9.15. The number of halogens is 1. The van der Waals surface area contributed by atoms with Crippen LogP contribution in [0.15, 0.2) is 27.6 Å². The highest BCUT2D eigenvalue weighted by Gasteiger charge is 2.08. The predicted molar refractivity (Wildman–Crippen MR) is 82.9 cm³/mol. The van der Waals surface area contributed by atoms with Crippen molar-refractivity contribution in [2.75, 3.05) is 5.32 Å². The summed E-state index contributed by atoms with van der Waals surface area (Å²) in [7, 11) is 0. The Hall–Kier alpha value is -1.14. The van der Waals surface area contributed by atoms with Crippen LogP contribution in [0.5, 0.6) is 0 Å². The molecule has 2 rings (SSSR count). The molecule has 0 aliphatic rings. The second-order valence-electron chi connectivity index (χ2n) is 4.07. The molecule has 0 atom stereocenters. The molecule has 2 aromatic heterocycles. The van der Waals surface area contributed by atoms with Crippen molar-refractivity contribution in [3.05, 3.63) is 42.9 Å². The third-order valence-electron chi connectivity index (χ3n) is 2.80. The fourth-order valence-corrected chi connectivity index (χ4v) is 3.05. The summed E-state index contributed by atoms with van der Waals surface area (Å²) in [6.45, 7) is 5.32. The first kappa shape index (κ1) is 14.3. The number of nitrogens with zero attached hydrogens (tertiary/aromatic N) is 2. The van der Waals surface area contributed by atoms with Crippen LogP contribution in [-0.4, -0.2) is 9.78 Å². The molecule has 1 N–H and O–H groups in total. The Bertz CT molecular complexity index is 621. The molecule has 0 aliphatic heterocycles. The highest BCUT2D eigenvalue weighted by Crippen LogP contribution is 2.21. The summed E-state index contributed by atoms with van der Waals surface area (Å²) in [4.78, 5) is 14.5. The topological polar surface area (TPSA) is 46.9 Å². The molecule has 2 heterocycles. The van der Waals surface area contributed by atoms with E-state index in [1.165, 1.54) is 14.4 Å². The highest BCUT2D eigenvalue weighted by molar-refractivity contribution is 9.10. The van der Waals surface area contributed by atoms with E-state index < -0.39 is 0 Å². The maximum atomic E-state index is 11.9. The zero-order valence-electron chi connectivity index (χ0n) is 10.9. The number of thiophene rings is 1. The lowest BCUT2D eigenvalue weighted by molar-refractivity contribution is 0.613. The van der Waals surface area contributed by atoms with E-state index in [0.717, 1.165) is 12.1 Å². The molecule has 0 unspecified atom stereocenters. The number of hydrogen-bond acceptors (Lipinski definition) is 4. The van der Waals surface area contributed by atoms with E-state index >= 15 is 0 Å². The van der Waals surface area contributed by atoms with Gasteiger partial charge in [-0.3, -0.25) is 4.79 Å². The summed E-state index contributed by atoms with van der Waals surface area (Å²) in [5.74, 6) is 0. The molecule has 0 saturated heterocycles. The van der Waals surface area contributed by atoms with Crippen molar-refractivity contribution in [2.45, 2.75) is 33.4 Å². The lowest BCUT2D eigenvalue weighted by Crippen LogP contribution is -2.23. The number of rotatable bonds is 5. The summed E-state index contributed by atoms with van der Waals surface area (Å²) in [5.41, 5.74) is 0.633. The first-order valence-corrected chi connectivity index (χ1v) is 7.83. The molecular formula is C13H16BrN3OS. The largest absolute Gasteiger partial charge is 0.378 e. The molecule has 6 heteroatoms. The van der Waals surface area contributed by atoms with Gasteiger partial charge >= 0.3 is 0 Å². The van der Waals surface area contributed by atoms with E-state index in [9.17, 15) is 4.79 Å². The average Bonchev–Trinajstić information content (AvgIpc) is 2.88. The van der Waals surface area contributed by atoms with Crippen molar-refractivity contribution in [2.24, 2.45) is 0 Å². The van der Waals surface area contributed by atoms with Crippen LogP contribution >= 0.6 is 27.3 Å². The third-order valence-corrected chi connectivity index (χ3v) is 4.80. The Balaban J connectivity index is 2.11. The van der Waals surface area contributed by atoms with Crippen LogP contribution in [0.3, 0.4) is 0 Å². The molecule has 0 amide bonds. The van der Waals surface area contributed by atoms with Crippen molar-refractivity contribution in [3.8, 4) is 0 Å². The van der Waals surface area contributed by atoms with E-state index in [4.69, 9.17) is 0 Å². The average molecular weight is 342 g/mol. The highest BCUT2D eigenvalue weighted by atomic mass is 79.9. The maximum Gasteiger partial charge on any atom is 0.283 e. The van der Waals surface area contributed by atoms with Crippen LogP contribution in [0.1, 0.15) is 23.6 Å². The van der Waals surface area contributed by atoms with E-state index in [2.05, 4.69) is 45.4 Å². The molecule has 4 nitrogen and oxygen atoms in total. The lowest BCUT2D eigenvalue weighted by atomic mass is 10.3. The van der Waals surface area contributed by atoms with Gasteiger partial charge in [0.05, 0.1) is 11.9 Å². The van der Waals surface area contributed by atoms with Crippen LogP contribution in [-0.2, 0) is 19.5 Å². The molecule has 0 aromatic carbocycles. The fraction of sp³-hybridized carbons (Fsp3) is 0.385. The van der Waals surface area contributed by atoms with Gasteiger partial charge in [0.25, 0.3) is 5.56 Å². The molecule has 0 radical (unpaired) electrons. The second kappa shape index (κ2) is 6.34. The summed E-state index contributed by atoms with van der Waals surface area (Å²) < 4.78 is 1.96. The van der Waals surface area contributed by atoms with E-state index in [1.807, 2.05) is 6.92 Å². The zero-order chi connectivity index (χ0) is 13.8. The van der Waals surface area contributed by atoms with E-state index in [1.54, 1.807) is 17.5 Å². The lowest BCUT2D eigenvalue weighted by Gasteiger charge is -2.08. The molecule has 19 heavy (non-hydrogen) atoms. The number of aryl methyl sites for hydroxylation is 2. The third kappa shape index (κ3) is 3.25. The maximum absolute atomic E-state index is 11.9. The van der Waals surface area contributed by atoms with Crippen LogP contribution in [0.25, 0.3) is 0 Å². The van der Waals surface area contributed by atoms with Crippen molar-refractivity contribution >= 4 is 33.0 Å². The minimum atomic E-state index is -0.104. The van der Waals surface area contributed by atoms with Gasteiger partial charge in [0.1, 0.15) is 4.47 Å².